The molecule has 0 nitrogen and oxygen atoms in total. The van der Waals surface area contributed by atoms with E-state index in [1.165, 1.54) is 141 Å². The molecule has 178 valence electrons. The van der Waals surface area contributed by atoms with Crippen LogP contribution in [-0.2, 0) is 0 Å². The summed E-state index contributed by atoms with van der Waals surface area (Å²) >= 11 is 0. The second-order valence-electron chi connectivity index (χ2n) is 9.62. The zero-order valence-corrected chi connectivity index (χ0v) is 21.1. The van der Waals surface area contributed by atoms with E-state index in [2.05, 4.69) is 32.9 Å². The van der Waals surface area contributed by atoms with Crippen molar-refractivity contribution in [2.45, 2.75) is 161 Å². The van der Waals surface area contributed by atoms with Crippen molar-refractivity contribution in [2.24, 2.45) is 5.92 Å². The Balaban J connectivity index is 3.24. The van der Waals surface area contributed by atoms with Gasteiger partial charge in [-0.25, -0.2) is 0 Å². The zero-order chi connectivity index (χ0) is 22.0. The van der Waals surface area contributed by atoms with E-state index in [0.29, 0.717) is 0 Å². The first-order chi connectivity index (χ1) is 14.8. The molecule has 0 aliphatic rings. The van der Waals surface area contributed by atoms with Crippen LogP contribution in [0, 0.1) is 19.8 Å². The molecule has 30 heavy (non-hydrogen) atoms. The van der Waals surface area contributed by atoms with Crippen molar-refractivity contribution in [1.29, 1.82) is 0 Å². The summed E-state index contributed by atoms with van der Waals surface area (Å²) in [7, 11) is 0. The lowest BCUT2D eigenvalue weighted by Gasteiger charge is -2.14. The van der Waals surface area contributed by atoms with Crippen LogP contribution in [0.25, 0.3) is 0 Å². The number of hydrogen-bond acceptors (Lipinski definition) is 0. The molecule has 0 aromatic rings. The minimum Gasteiger partial charge on any atom is -0.0885 e. The fraction of sp³-hybridized carbons (Fsp3) is 0.867. The third-order valence-corrected chi connectivity index (χ3v) is 6.71. The second-order valence-corrected chi connectivity index (χ2v) is 9.62. The van der Waals surface area contributed by atoms with E-state index in [1.807, 2.05) is 0 Å². The van der Waals surface area contributed by atoms with Crippen molar-refractivity contribution in [3.63, 3.8) is 0 Å². The highest BCUT2D eigenvalue weighted by molar-refractivity contribution is 4.81. The van der Waals surface area contributed by atoms with E-state index in [1.54, 1.807) is 0 Å². The number of unbranched alkanes of at least 4 members (excludes halogenated alkanes) is 18. The number of hydrogen-bond donors (Lipinski definition) is 0. The minimum atomic E-state index is 0.985. The molecule has 0 rings (SSSR count). The van der Waals surface area contributed by atoms with Gasteiger partial charge in [0.25, 0.3) is 0 Å². The summed E-state index contributed by atoms with van der Waals surface area (Å²) in [5.41, 5.74) is 0. The highest BCUT2D eigenvalue weighted by Gasteiger charge is 2.05. The average Bonchev–Trinajstić information content (AvgIpc) is 2.76. The lowest BCUT2D eigenvalue weighted by Crippen LogP contribution is -1.99. The van der Waals surface area contributed by atoms with Crippen molar-refractivity contribution in [3.8, 4) is 0 Å². The first kappa shape index (κ1) is 29.7. The van der Waals surface area contributed by atoms with Crippen LogP contribution in [0.15, 0.2) is 12.2 Å². The van der Waals surface area contributed by atoms with E-state index in [0.717, 1.165) is 18.8 Å². The molecule has 0 saturated heterocycles. The molecule has 0 bridgehead atoms. The van der Waals surface area contributed by atoms with E-state index in [4.69, 9.17) is 0 Å². The van der Waals surface area contributed by atoms with Crippen LogP contribution < -0.4 is 0 Å². The van der Waals surface area contributed by atoms with Gasteiger partial charge >= 0.3 is 0 Å². The topological polar surface area (TPSA) is 0 Å². The quantitative estimate of drug-likeness (QED) is 0.102. The molecule has 0 heteroatoms. The van der Waals surface area contributed by atoms with Gasteiger partial charge in [-0.2, -0.15) is 0 Å². The largest absolute Gasteiger partial charge is 0.0885 e. The summed E-state index contributed by atoms with van der Waals surface area (Å²) < 4.78 is 0. The van der Waals surface area contributed by atoms with Crippen molar-refractivity contribution in [3.05, 3.63) is 26.0 Å². The van der Waals surface area contributed by atoms with Gasteiger partial charge in [0, 0.05) is 0 Å². The first-order valence-corrected chi connectivity index (χ1v) is 14.1. The van der Waals surface area contributed by atoms with E-state index >= 15 is 0 Å². The van der Waals surface area contributed by atoms with Crippen LogP contribution in [-0.4, -0.2) is 0 Å². The lowest BCUT2D eigenvalue weighted by atomic mass is 9.92. The van der Waals surface area contributed by atoms with Gasteiger partial charge in [-0.3, -0.25) is 0 Å². The Labute approximate surface area is 193 Å². The molecule has 0 aromatic heterocycles. The number of rotatable bonds is 25. The summed E-state index contributed by atoms with van der Waals surface area (Å²) in [5, 5.41) is 0. The third kappa shape index (κ3) is 24.0. The summed E-state index contributed by atoms with van der Waals surface area (Å²) in [4.78, 5) is 0. The van der Waals surface area contributed by atoms with Crippen molar-refractivity contribution in [2.75, 3.05) is 0 Å². The molecular weight excluding hydrogens is 360 g/mol. The number of allylic oxidation sites excluding steroid dienone is 2. The summed E-state index contributed by atoms with van der Waals surface area (Å²) in [6, 6.07) is 0. The van der Waals surface area contributed by atoms with E-state index in [-0.39, 0.29) is 0 Å². The Morgan fingerprint density at radius 1 is 0.467 bits per heavy atom. The summed E-state index contributed by atoms with van der Waals surface area (Å²) in [6.07, 6.45) is 38.1. The van der Waals surface area contributed by atoms with Gasteiger partial charge in [0.2, 0.25) is 0 Å². The molecule has 0 spiro atoms. The molecule has 0 amide bonds. The normalized spacial score (nSPS) is 12.8. The molecule has 0 aliphatic heterocycles. The van der Waals surface area contributed by atoms with E-state index in [9.17, 15) is 0 Å². The Bertz CT molecular complexity index is 316. The van der Waals surface area contributed by atoms with Crippen LogP contribution in [0.2, 0.25) is 0 Å². The minimum absolute atomic E-state index is 0.985. The van der Waals surface area contributed by atoms with Crippen molar-refractivity contribution in [1.82, 2.24) is 0 Å². The maximum Gasteiger partial charge on any atom is -0.0351 e. The Morgan fingerprint density at radius 2 is 0.800 bits per heavy atom. The molecule has 1 atom stereocenters. The molecule has 0 N–H and O–H groups in total. The summed E-state index contributed by atoms with van der Waals surface area (Å²) in [6.45, 7) is 10.2. The van der Waals surface area contributed by atoms with Gasteiger partial charge in [0.1, 0.15) is 0 Å². The predicted octanol–water partition coefficient (Wildman–Crippen LogP) is 11.2. The van der Waals surface area contributed by atoms with Crippen LogP contribution in [0.5, 0.6) is 0 Å². The Morgan fingerprint density at radius 3 is 1.20 bits per heavy atom. The van der Waals surface area contributed by atoms with Crippen LogP contribution in [0.1, 0.15) is 161 Å². The molecule has 2 radical (unpaired) electrons. The van der Waals surface area contributed by atoms with Gasteiger partial charge < -0.3 is 0 Å². The van der Waals surface area contributed by atoms with Crippen molar-refractivity contribution < 1.29 is 0 Å². The van der Waals surface area contributed by atoms with Gasteiger partial charge in [-0.05, 0) is 31.6 Å². The lowest BCUT2D eigenvalue weighted by molar-refractivity contribution is 0.395. The smallest absolute Gasteiger partial charge is 0.0351 e. The van der Waals surface area contributed by atoms with Gasteiger partial charge in [0.05, 0.1) is 0 Å². The first-order valence-electron chi connectivity index (χ1n) is 14.1. The molecule has 0 heterocycles. The molecular formula is C30H58. The zero-order valence-electron chi connectivity index (χ0n) is 21.1. The molecule has 0 fully saturated rings. The Kier molecular flexibility index (Phi) is 26.5. The van der Waals surface area contributed by atoms with Crippen molar-refractivity contribution >= 4 is 0 Å². The standard InChI is InChI=1S/C30H58/c1-4-7-9-11-12-13-14-15-16-17-18-19-20-21-22-23-24-25-27-29-30(6-3)28-26-10-8-5-2/h20-21,30H,1-2,4-19,22-29H2,3H3. The molecule has 1 unspecified atom stereocenters. The van der Waals surface area contributed by atoms with Gasteiger partial charge in [-0.1, -0.05) is 161 Å². The third-order valence-electron chi connectivity index (χ3n) is 6.71. The molecule has 0 saturated carbocycles. The predicted molar refractivity (Wildman–Crippen MR) is 140 cm³/mol. The second kappa shape index (κ2) is 26.8. The Hall–Kier alpha value is -0.260. The van der Waals surface area contributed by atoms with Gasteiger partial charge in [-0.15, -0.1) is 0 Å². The highest BCUT2D eigenvalue weighted by Crippen LogP contribution is 2.21. The highest BCUT2D eigenvalue weighted by atomic mass is 14.1. The average molecular weight is 419 g/mol. The SMILES string of the molecule is [CH2]CCCCCCCCCCCCC=CCCCCCCC(CC)CCCCC[CH2]. The van der Waals surface area contributed by atoms with Crippen LogP contribution in [0.4, 0.5) is 0 Å². The summed E-state index contributed by atoms with van der Waals surface area (Å²) in [5.74, 6) is 0.985. The van der Waals surface area contributed by atoms with Gasteiger partial charge in [0.15, 0.2) is 0 Å². The maximum absolute atomic E-state index is 3.95. The van der Waals surface area contributed by atoms with E-state index < -0.39 is 0 Å². The molecule has 0 aliphatic carbocycles. The fourth-order valence-corrected chi connectivity index (χ4v) is 4.48. The van der Waals surface area contributed by atoms with Crippen LogP contribution in [0.3, 0.4) is 0 Å². The monoisotopic (exact) mass is 418 g/mol. The molecule has 0 aromatic carbocycles. The van der Waals surface area contributed by atoms with Crippen LogP contribution >= 0.6 is 0 Å². The maximum atomic E-state index is 3.95. The fourth-order valence-electron chi connectivity index (χ4n) is 4.48.